The second-order valence-corrected chi connectivity index (χ2v) is 2.68. The Morgan fingerprint density at radius 2 is 0.857 bits per heavy atom. The molecule has 0 N–H and O–H groups in total. The Hall–Kier alpha value is 0.782. The third-order valence-corrected chi connectivity index (χ3v) is 0. The van der Waals surface area contributed by atoms with E-state index in [1.807, 2.05) is 0 Å². The fraction of sp³-hybridized carbons (Fsp3) is 1.00. The summed E-state index contributed by atoms with van der Waals surface area (Å²) in [6.07, 6.45) is 0. The van der Waals surface area contributed by atoms with Crippen molar-refractivity contribution in [1.29, 1.82) is 0 Å². The first-order valence-electron chi connectivity index (χ1n) is 1.79. The van der Waals surface area contributed by atoms with E-state index >= 15 is 0 Å². The topological polar surface area (TPSA) is 0 Å². The molecule has 0 aliphatic rings. The minimum absolute atomic E-state index is 0. The average molecular weight is 162 g/mol. The van der Waals surface area contributed by atoms with Gasteiger partial charge < -0.3 is 16.9 Å². The zero-order valence-corrected chi connectivity index (χ0v) is 7.26. The molecular formula is C4H12ClCrN. The van der Waals surface area contributed by atoms with Crippen molar-refractivity contribution in [2.45, 2.75) is 0 Å². The first-order valence-corrected chi connectivity index (χ1v) is 1.79. The van der Waals surface area contributed by atoms with Crippen molar-refractivity contribution in [3.8, 4) is 0 Å². The van der Waals surface area contributed by atoms with Crippen molar-refractivity contribution in [3.63, 3.8) is 0 Å². The van der Waals surface area contributed by atoms with E-state index in [4.69, 9.17) is 0 Å². The van der Waals surface area contributed by atoms with Crippen molar-refractivity contribution in [1.82, 2.24) is 0 Å². The molecule has 0 aliphatic heterocycles. The molecule has 0 rings (SSSR count). The molecule has 7 heavy (non-hydrogen) atoms. The van der Waals surface area contributed by atoms with Crippen molar-refractivity contribution < 1.29 is 34.3 Å². The van der Waals surface area contributed by atoms with Crippen LogP contribution in [-0.4, -0.2) is 32.7 Å². The van der Waals surface area contributed by atoms with Gasteiger partial charge in [0.05, 0.1) is 28.2 Å². The molecule has 0 aromatic rings. The van der Waals surface area contributed by atoms with Gasteiger partial charge in [-0.3, -0.25) is 0 Å². The van der Waals surface area contributed by atoms with Crippen LogP contribution in [0.2, 0.25) is 0 Å². The number of rotatable bonds is 0. The fourth-order valence-corrected chi connectivity index (χ4v) is 0. The van der Waals surface area contributed by atoms with Crippen molar-refractivity contribution >= 4 is 0 Å². The van der Waals surface area contributed by atoms with Gasteiger partial charge in [-0.15, -0.1) is 0 Å². The zero-order chi connectivity index (χ0) is 4.50. The molecule has 0 radical (unpaired) electrons. The van der Waals surface area contributed by atoms with Crippen molar-refractivity contribution in [2.24, 2.45) is 0 Å². The maximum absolute atomic E-state index is 2.12. The maximum atomic E-state index is 2.12. The molecule has 0 amide bonds. The van der Waals surface area contributed by atoms with E-state index in [0.29, 0.717) is 0 Å². The van der Waals surface area contributed by atoms with Crippen LogP contribution in [0.15, 0.2) is 0 Å². The number of quaternary nitrogens is 1. The van der Waals surface area contributed by atoms with E-state index in [0.717, 1.165) is 4.48 Å². The molecule has 0 aromatic heterocycles. The molecule has 0 aliphatic carbocycles. The molecule has 0 spiro atoms. The van der Waals surface area contributed by atoms with Crippen LogP contribution in [0.4, 0.5) is 0 Å². The summed E-state index contributed by atoms with van der Waals surface area (Å²) in [5, 5.41) is 0. The summed E-state index contributed by atoms with van der Waals surface area (Å²) in [7, 11) is 8.50. The van der Waals surface area contributed by atoms with E-state index in [2.05, 4.69) is 28.2 Å². The van der Waals surface area contributed by atoms with Gasteiger partial charge in [0.25, 0.3) is 0 Å². The largest absolute Gasteiger partial charge is 1.00 e. The molecule has 0 aromatic carbocycles. The predicted molar refractivity (Wildman–Crippen MR) is 24.0 cm³/mol. The van der Waals surface area contributed by atoms with E-state index in [-0.39, 0.29) is 29.8 Å². The van der Waals surface area contributed by atoms with Gasteiger partial charge in [-0.2, -0.15) is 0 Å². The van der Waals surface area contributed by atoms with E-state index in [1.165, 1.54) is 0 Å². The van der Waals surface area contributed by atoms with Gasteiger partial charge >= 0.3 is 0 Å². The summed E-state index contributed by atoms with van der Waals surface area (Å²) < 4.78 is 1.00. The third kappa shape index (κ3) is 253. The van der Waals surface area contributed by atoms with Gasteiger partial charge in [0.2, 0.25) is 0 Å². The van der Waals surface area contributed by atoms with Crippen LogP contribution in [0, 0.1) is 0 Å². The van der Waals surface area contributed by atoms with Crippen LogP contribution in [0.5, 0.6) is 0 Å². The summed E-state index contributed by atoms with van der Waals surface area (Å²) >= 11 is 0. The standard InChI is InChI=1S/C4H12N.ClH.Cr/c1-5(2,3)4;;/h1-4H3;1H;/q+1;;/p-1. The maximum Gasteiger partial charge on any atom is 0.0675 e. The molecule has 3 heteroatoms. The van der Waals surface area contributed by atoms with Crippen molar-refractivity contribution in [2.75, 3.05) is 28.2 Å². The second kappa shape index (κ2) is 4.93. The number of nitrogens with zero attached hydrogens (tertiary/aromatic N) is 1. The van der Waals surface area contributed by atoms with Gasteiger partial charge in [-0.1, -0.05) is 0 Å². The van der Waals surface area contributed by atoms with Crippen LogP contribution in [0.1, 0.15) is 0 Å². The average Bonchev–Trinajstić information content (AvgIpc) is 0.722. The number of halogens is 1. The van der Waals surface area contributed by atoms with Crippen LogP contribution in [-0.2, 0) is 17.4 Å². The summed E-state index contributed by atoms with van der Waals surface area (Å²) in [5.41, 5.74) is 0. The molecule has 0 atom stereocenters. The number of hydrogen-bond acceptors (Lipinski definition) is 0. The first kappa shape index (κ1) is 15.7. The second-order valence-electron chi connectivity index (χ2n) is 2.68. The monoisotopic (exact) mass is 161 g/mol. The minimum atomic E-state index is 0. The molecule has 0 heterocycles. The van der Waals surface area contributed by atoms with Crippen molar-refractivity contribution in [3.05, 3.63) is 0 Å². The van der Waals surface area contributed by atoms with Gasteiger partial charge in [0, 0.05) is 17.4 Å². The summed E-state index contributed by atoms with van der Waals surface area (Å²) in [6.45, 7) is 0. The molecule has 1 nitrogen and oxygen atoms in total. The molecule has 0 unspecified atom stereocenters. The first-order chi connectivity index (χ1) is 2.00. The minimum Gasteiger partial charge on any atom is -1.00 e. The zero-order valence-electron chi connectivity index (χ0n) is 5.23. The van der Waals surface area contributed by atoms with Gasteiger partial charge in [-0.05, 0) is 0 Å². The van der Waals surface area contributed by atoms with Crippen LogP contribution < -0.4 is 12.4 Å². The Morgan fingerprint density at radius 1 is 0.857 bits per heavy atom. The summed E-state index contributed by atoms with van der Waals surface area (Å²) in [4.78, 5) is 0. The summed E-state index contributed by atoms with van der Waals surface area (Å²) in [6, 6.07) is 0. The fourth-order valence-electron chi connectivity index (χ4n) is 0. The Labute approximate surface area is 62.8 Å². The van der Waals surface area contributed by atoms with Crippen LogP contribution >= 0.6 is 0 Å². The smallest absolute Gasteiger partial charge is 0.0675 e. The molecule has 0 fully saturated rings. The van der Waals surface area contributed by atoms with Gasteiger partial charge in [0.15, 0.2) is 0 Å². The normalized spacial score (nSPS) is 8.57. The SMILES string of the molecule is C[N+](C)(C)C.[Cl-].[Cr]. The van der Waals surface area contributed by atoms with Gasteiger partial charge in [-0.25, -0.2) is 0 Å². The van der Waals surface area contributed by atoms with Crippen LogP contribution in [0.3, 0.4) is 0 Å². The molecule has 0 saturated heterocycles. The van der Waals surface area contributed by atoms with E-state index in [9.17, 15) is 0 Å². The van der Waals surface area contributed by atoms with E-state index < -0.39 is 0 Å². The molecule has 46 valence electrons. The van der Waals surface area contributed by atoms with Crippen LogP contribution in [0.25, 0.3) is 0 Å². The summed E-state index contributed by atoms with van der Waals surface area (Å²) in [5.74, 6) is 0. The van der Waals surface area contributed by atoms with Gasteiger partial charge in [0.1, 0.15) is 0 Å². The molecule has 0 saturated carbocycles. The Morgan fingerprint density at radius 3 is 0.857 bits per heavy atom. The molecular weight excluding hydrogens is 150 g/mol. The third-order valence-electron chi connectivity index (χ3n) is 0. The van der Waals surface area contributed by atoms with E-state index in [1.54, 1.807) is 0 Å². The Balaban J connectivity index is -0.0000000800. The number of hydrogen-bond donors (Lipinski definition) is 0. The predicted octanol–water partition coefficient (Wildman–Crippen LogP) is -2.68. The Kier molecular flexibility index (Phi) is 11.0. The Bertz CT molecular complexity index is 27.2. The quantitative estimate of drug-likeness (QED) is 0.340. The molecule has 0 bridgehead atoms.